The molecule has 1 N–H and O–H groups in total. The Balaban J connectivity index is 1.51. The first-order valence-electron chi connectivity index (χ1n) is 15.9. The fourth-order valence-electron chi connectivity index (χ4n) is 5.71. The second kappa shape index (κ2) is 16.5. The Morgan fingerprint density at radius 3 is 1.84 bits per heavy atom. The van der Waals surface area contributed by atoms with Crippen molar-refractivity contribution in [1.29, 1.82) is 0 Å². The number of fused-ring (bicyclic) bond motifs is 1. The van der Waals surface area contributed by atoms with Gasteiger partial charge in [0.25, 0.3) is 0 Å². The van der Waals surface area contributed by atoms with Gasteiger partial charge in [0.1, 0.15) is 12.2 Å². The molecule has 0 spiro atoms. The zero-order valence-corrected chi connectivity index (χ0v) is 28.6. The highest BCUT2D eigenvalue weighted by atomic mass is 79.9. The molecule has 44 heavy (non-hydrogen) atoms. The van der Waals surface area contributed by atoms with Crippen LogP contribution in [0.2, 0.25) is 0 Å². The Morgan fingerprint density at radius 2 is 1.27 bits per heavy atom. The number of hydrogen-bond donors (Lipinski definition) is 1. The monoisotopic (exact) mass is 656 g/mol. The average Bonchev–Trinajstić information content (AvgIpc) is 3.02. The SMILES string of the molecule is CC1=C(C/C=C(\C)CC/C=C(\C)CCC(Br)C(C)(C)O)C(OCc2ccccc2)c2ccccc2C1OCc1ccccc1. The number of rotatable bonds is 15. The summed E-state index contributed by atoms with van der Waals surface area (Å²) in [6.45, 7) is 11.5. The van der Waals surface area contributed by atoms with Crippen LogP contribution >= 0.6 is 15.9 Å². The van der Waals surface area contributed by atoms with E-state index in [0.29, 0.717) is 13.2 Å². The van der Waals surface area contributed by atoms with E-state index in [1.165, 1.54) is 44.5 Å². The second-order valence-corrected chi connectivity index (χ2v) is 13.8. The highest BCUT2D eigenvalue weighted by Gasteiger charge is 2.33. The topological polar surface area (TPSA) is 38.7 Å². The van der Waals surface area contributed by atoms with Gasteiger partial charge in [0.15, 0.2) is 0 Å². The maximum atomic E-state index is 10.2. The van der Waals surface area contributed by atoms with Crippen molar-refractivity contribution >= 4 is 15.9 Å². The maximum Gasteiger partial charge on any atom is 0.105 e. The van der Waals surface area contributed by atoms with Crippen LogP contribution < -0.4 is 0 Å². The van der Waals surface area contributed by atoms with Crippen LogP contribution in [0.1, 0.15) is 101 Å². The smallest absolute Gasteiger partial charge is 0.105 e. The number of alkyl halides is 1. The molecule has 4 heteroatoms. The summed E-state index contributed by atoms with van der Waals surface area (Å²) in [7, 11) is 0. The molecule has 0 heterocycles. The van der Waals surface area contributed by atoms with Gasteiger partial charge in [0.2, 0.25) is 0 Å². The minimum absolute atomic E-state index is 0.0923. The first kappa shape index (κ1) is 34.1. The molecule has 4 rings (SSSR count). The quantitative estimate of drug-likeness (QED) is 0.131. The lowest BCUT2D eigenvalue weighted by Gasteiger charge is -2.35. The van der Waals surface area contributed by atoms with E-state index < -0.39 is 5.60 Å². The van der Waals surface area contributed by atoms with Gasteiger partial charge in [-0.05, 0) is 100 Å². The largest absolute Gasteiger partial charge is 0.389 e. The Labute approximate surface area is 273 Å². The lowest BCUT2D eigenvalue weighted by atomic mass is 9.80. The average molecular weight is 658 g/mol. The minimum Gasteiger partial charge on any atom is -0.389 e. The lowest BCUT2D eigenvalue weighted by Crippen LogP contribution is -2.31. The van der Waals surface area contributed by atoms with Gasteiger partial charge in [0, 0.05) is 4.83 Å². The van der Waals surface area contributed by atoms with Crippen LogP contribution in [0, 0.1) is 0 Å². The van der Waals surface area contributed by atoms with Gasteiger partial charge in [-0.2, -0.15) is 0 Å². The van der Waals surface area contributed by atoms with Crippen molar-refractivity contribution in [3.8, 4) is 0 Å². The summed E-state index contributed by atoms with van der Waals surface area (Å²) in [5.74, 6) is 0. The second-order valence-electron chi connectivity index (χ2n) is 12.7. The van der Waals surface area contributed by atoms with Crippen molar-refractivity contribution in [2.75, 3.05) is 0 Å². The number of aliphatic hydroxyl groups is 1. The van der Waals surface area contributed by atoms with Gasteiger partial charge in [0.05, 0.1) is 18.8 Å². The van der Waals surface area contributed by atoms with E-state index in [0.717, 1.165) is 32.1 Å². The first-order chi connectivity index (χ1) is 21.1. The number of halogens is 1. The minimum atomic E-state index is -0.708. The van der Waals surface area contributed by atoms with E-state index in [-0.39, 0.29) is 17.0 Å². The van der Waals surface area contributed by atoms with Crippen molar-refractivity contribution in [1.82, 2.24) is 0 Å². The third-order valence-corrected chi connectivity index (χ3v) is 10.1. The van der Waals surface area contributed by atoms with E-state index in [2.05, 4.69) is 122 Å². The van der Waals surface area contributed by atoms with Gasteiger partial charge in [-0.1, -0.05) is 124 Å². The molecule has 0 amide bonds. The molecule has 3 nitrogen and oxygen atoms in total. The molecule has 0 saturated heterocycles. The summed E-state index contributed by atoms with van der Waals surface area (Å²) in [6.07, 6.45) is 9.27. The molecule has 0 fully saturated rings. The van der Waals surface area contributed by atoms with Gasteiger partial charge in [-0.25, -0.2) is 0 Å². The van der Waals surface area contributed by atoms with Crippen LogP contribution in [-0.2, 0) is 22.7 Å². The Bertz CT molecular complexity index is 1420. The van der Waals surface area contributed by atoms with Crippen molar-refractivity contribution in [3.63, 3.8) is 0 Å². The molecular weight excluding hydrogens is 608 g/mol. The molecule has 0 aromatic heterocycles. The Hall–Kier alpha value is -2.76. The van der Waals surface area contributed by atoms with E-state index in [1.54, 1.807) is 0 Å². The molecule has 1 aliphatic carbocycles. The zero-order valence-electron chi connectivity index (χ0n) is 27.1. The highest BCUT2D eigenvalue weighted by molar-refractivity contribution is 9.09. The van der Waals surface area contributed by atoms with E-state index >= 15 is 0 Å². The number of benzene rings is 3. The van der Waals surface area contributed by atoms with Gasteiger partial charge in [-0.15, -0.1) is 0 Å². The van der Waals surface area contributed by atoms with Crippen molar-refractivity contribution in [2.45, 2.75) is 103 Å². The molecule has 3 unspecified atom stereocenters. The fraction of sp³-hybridized carbons (Fsp3) is 0.400. The number of ether oxygens (including phenoxy) is 2. The van der Waals surface area contributed by atoms with Crippen LogP contribution in [0.4, 0.5) is 0 Å². The third-order valence-electron chi connectivity index (χ3n) is 8.56. The van der Waals surface area contributed by atoms with Gasteiger partial charge in [-0.3, -0.25) is 0 Å². The van der Waals surface area contributed by atoms with Gasteiger partial charge < -0.3 is 14.6 Å². The predicted molar refractivity (Wildman–Crippen MR) is 187 cm³/mol. The summed E-state index contributed by atoms with van der Waals surface area (Å²) in [6, 6.07) is 29.4. The first-order valence-corrected chi connectivity index (χ1v) is 16.8. The molecule has 3 aromatic carbocycles. The normalized spacial score (nSPS) is 18.3. The molecule has 1 aliphatic rings. The number of allylic oxidation sites excluding steroid dienone is 4. The van der Waals surface area contributed by atoms with Crippen LogP contribution in [0.25, 0.3) is 0 Å². The summed E-state index contributed by atoms with van der Waals surface area (Å²) in [4.78, 5) is 0.0923. The maximum absolute atomic E-state index is 10.2. The predicted octanol–water partition coefficient (Wildman–Crippen LogP) is 10.9. The van der Waals surface area contributed by atoms with Crippen LogP contribution in [0.15, 0.2) is 119 Å². The lowest BCUT2D eigenvalue weighted by molar-refractivity contribution is 0.0324. The molecule has 0 aliphatic heterocycles. The zero-order chi connectivity index (χ0) is 31.5. The Morgan fingerprint density at radius 1 is 0.773 bits per heavy atom. The summed E-state index contributed by atoms with van der Waals surface area (Å²) in [5.41, 5.74) is 9.32. The van der Waals surface area contributed by atoms with Crippen LogP contribution in [-0.4, -0.2) is 15.5 Å². The van der Waals surface area contributed by atoms with Gasteiger partial charge >= 0.3 is 0 Å². The van der Waals surface area contributed by atoms with Crippen molar-refractivity contribution in [2.24, 2.45) is 0 Å². The summed E-state index contributed by atoms with van der Waals surface area (Å²) in [5, 5.41) is 10.2. The third kappa shape index (κ3) is 9.87. The van der Waals surface area contributed by atoms with E-state index in [1.807, 2.05) is 26.0 Å². The van der Waals surface area contributed by atoms with E-state index in [9.17, 15) is 5.11 Å². The highest BCUT2D eigenvalue weighted by Crippen LogP contribution is 2.46. The summed E-state index contributed by atoms with van der Waals surface area (Å²) < 4.78 is 13.4. The van der Waals surface area contributed by atoms with Crippen LogP contribution in [0.3, 0.4) is 0 Å². The molecule has 3 atom stereocenters. The van der Waals surface area contributed by atoms with Crippen molar-refractivity contribution in [3.05, 3.63) is 142 Å². The fourth-order valence-corrected chi connectivity index (χ4v) is 5.94. The molecule has 0 saturated carbocycles. The van der Waals surface area contributed by atoms with Crippen molar-refractivity contribution < 1.29 is 14.6 Å². The molecule has 234 valence electrons. The standard InChI is InChI=1S/C40H49BrO3/c1-29(15-14-16-30(2)24-26-37(41)40(4,5)42)23-25-34-31(3)38(43-27-32-17-8-6-9-18-32)35-21-12-13-22-36(35)39(34)44-28-33-19-10-7-11-20-33/h6-13,16-23,37-39,42H,14-15,24-28H2,1-5H3/b29-23+,30-16+. The van der Waals surface area contributed by atoms with E-state index in [4.69, 9.17) is 9.47 Å². The Kier molecular flexibility index (Phi) is 12.8. The van der Waals surface area contributed by atoms with Crippen LogP contribution in [0.5, 0.6) is 0 Å². The number of hydrogen-bond acceptors (Lipinski definition) is 3. The molecule has 3 aromatic rings. The molecular formula is C40H49BrO3. The molecule has 0 radical (unpaired) electrons. The summed E-state index contributed by atoms with van der Waals surface area (Å²) >= 11 is 3.64. The molecule has 0 bridgehead atoms.